The van der Waals surface area contributed by atoms with Gasteiger partial charge in [0.2, 0.25) is 0 Å². The van der Waals surface area contributed by atoms with Crippen molar-refractivity contribution in [2.75, 3.05) is 11.9 Å². The van der Waals surface area contributed by atoms with Gasteiger partial charge >= 0.3 is 6.09 Å². The lowest BCUT2D eigenvalue weighted by molar-refractivity contribution is -0.108. The van der Waals surface area contributed by atoms with Crippen molar-refractivity contribution >= 4 is 18.1 Å². The lowest BCUT2D eigenvalue weighted by atomic mass is 10.2. The minimum absolute atomic E-state index is 0.333. The molecule has 0 aromatic heterocycles. The number of amides is 1. The van der Waals surface area contributed by atoms with Crippen LogP contribution in [-0.2, 0) is 20.9 Å². The highest BCUT2D eigenvalue weighted by Gasteiger charge is 2.17. The Kier molecular flexibility index (Phi) is 6.18. The highest BCUT2D eigenvalue weighted by molar-refractivity contribution is 5.85. The van der Waals surface area contributed by atoms with Gasteiger partial charge in [-0.2, -0.15) is 0 Å². The van der Waals surface area contributed by atoms with Crippen LogP contribution < -0.4 is 5.32 Å². The summed E-state index contributed by atoms with van der Waals surface area (Å²) in [6.07, 6.45) is 0.671. The van der Waals surface area contributed by atoms with Crippen LogP contribution in [0.5, 0.6) is 0 Å². The third-order valence-electron chi connectivity index (χ3n) is 2.29. The zero-order chi connectivity index (χ0) is 15.0. The molecule has 0 aliphatic heterocycles. The van der Waals surface area contributed by atoms with E-state index in [1.54, 1.807) is 26.8 Å². The number of hydrogen-bond donors (Lipinski definition) is 1. The maximum Gasteiger partial charge on any atom is 0.412 e. The first-order chi connectivity index (χ1) is 9.42. The summed E-state index contributed by atoms with van der Waals surface area (Å²) in [5, 5.41) is 2.70. The van der Waals surface area contributed by atoms with Crippen molar-refractivity contribution in [3.05, 3.63) is 29.8 Å². The van der Waals surface area contributed by atoms with Crippen molar-refractivity contribution < 1.29 is 19.1 Å². The first-order valence-electron chi connectivity index (χ1n) is 6.51. The Morgan fingerprint density at radius 1 is 1.30 bits per heavy atom. The largest absolute Gasteiger partial charge is 0.444 e. The summed E-state index contributed by atoms with van der Waals surface area (Å²) in [6.45, 7) is 6.12. The molecule has 5 nitrogen and oxygen atoms in total. The molecule has 20 heavy (non-hydrogen) atoms. The van der Waals surface area contributed by atoms with Crippen molar-refractivity contribution in [2.45, 2.75) is 39.4 Å². The van der Waals surface area contributed by atoms with E-state index in [-0.39, 0.29) is 0 Å². The number of carbonyl (C=O) groups is 2. The van der Waals surface area contributed by atoms with Crippen LogP contribution in [0.3, 0.4) is 0 Å². The van der Waals surface area contributed by atoms with E-state index in [2.05, 4.69) is 5.32 Å². The number of hydrogen-bond acceptors (Lipinski definition) is 4. The monoisotopic (exact) mass is 279 g/mol. The van der Waals surface area contributed by atoms with Gasteiger partial charge in [0.1, 0.15) is 11.9 Å². The minimum Gasteiger partial charge on any atom is -0.444 e. The molecule has 0 radical (unpaired) electrons. The van der Waals surface area contributed by atoms with Gasteiger partial charge in [-0.05, 0) is 26.8 Å². The number of nitrogens with one attached hydrogen (secondary N) is 1. The zero-order valence-corrected chi connectivity index (χ0v) is 12.1. The fraction of sp³-hybridized carbons (Fsp3) is 0.467. The molecule has 5 heteroatoms. The highest BCUT2D eigenvalue weighted by Crippen LogP contribution is 2.17. The van der Waals surface area contributed by atoms with Gasteiger partial charge in [0.25, 0.3) is 0 Å². The molecule has 1 aromatic carbocycles. The Morgan fingerprint density at radius 2 is 2.00 bits per heavy atom. The summed E-state index contributed by atoms with van der Waals surface area (Å²) in [6, 6.07) is 7.32. The van der Waals surface area contributed by atoms with Gasteiger partial charge in [-0.15, -0.1) is 0 Å². The maximum atomic E-state index is 11.7. The fourth-order valence-corrected chi connectivity index (χ4v) is 1.50. The van der Waals surface area contributed by atoms with Crippen LogP contribution in [0.15, 0.2) is 24.3 Å². The Morgan fingerprint density at radius 3 is 2.65 bits per heavy atom. The summed E-state index contributed by atoms with van der Waals surface area (Å²) in [4.78, 5) is 21.9. The number of para-hydroxylation sites is 1. The molecule has 0 spiro atoms. The third-order valence-corrected chi connectivity index (χ3v) is 2.29. The third kappa shape index (κ3) is 6.33. The molecule has 0 bridgehead atoms. The van der Waals surface area contributed by atoms with E-state index in [4.69, 9.17) is 9.47 Å². The normalized spacial score (nSPS) is 10.9. The summed E-state index contributed by atoms with van der Waals surface area (Å²) >= 11 is 0. The predicted octanol–water partition coefficient (Wildman–Crippen LogP) is 3.14. The number of benzene rings is 1. The van der Waals surface area contributed by atoms with Crippen LogP contribution in [0.2, 0.25) is 0 Å². The van der Waals surface area contributed by atoms with Gasteiger partial charge < -0.3 is 14.3 Å². The smallest absolute Gasteiger partial charge is 0.412 e. The molecule has 0 atom stereocenters. The number of aldehydes is 1. The molecule has 110 valence electrons. The average Bonchev–Trinajstić information content (AvgIpc) is 2.34. The second-order valence-electron chi connectivity index (χ2n) is 5.29. The van der Waals surface area contributed by atoms with Crippen LogP contribution in [0.1, 0.15) is 32.8 Å². The SMILES string of the molecule is CC(C)(C)OC(=O)Nc1ccccc1COCCC=O. The van der Waals surface area contributed by atoms with Crippen LogP contribution in [0.25, 0.3) is 0 Å². The van der Waals surface area contributed by atoms with Gasteiger partial charge in [-0.25, -0.2) is 4.79 Å². The molecule has 0 saturated carbocycles. The van der Waals surface area contributed by atoms with Gasteiger partial charge in [-0.3, -0.25) is 5.32 Å². The number of ether oxygens (including phenoxy) is 2. The van der Waals surface area contributed by atoms with Gasteiger partial charge in [0.05, 0.1) is 13.2 Å². The van der Waals surface area contributed by atoms with E-state index in [1.165, 1.54) is 0 Å². The number of anilines is 1. The molecule has 1 N–H and O–H groups in total. The maximum absolute atomic E-state index is 11.7. The molecule has 1 rings (SSSR count). The molecule has 0 aliphatic carbocycles. The van der Waals surface area contributed by atoms with E-state index in [1.807, 2.05) is 18.2 Å². The van der Waals surface area contributed by atoms with Crippen molar-refractivity contribution in [3.8, 4) is 0 Å². The second kappa shape index (κ2) is 7.65. The first kappa shape index (κ1) is 16.2. The lowest BCUT2D eigenvalue weighted by Gasteiger charge is -2.20. The van der Waals surface area contributed by atoms with E-state index in [0.717, 1.165) is 11.8 Å². The Labute approximate surface area is 119 Å². The van der Waals surface area contributed by atoms with Crippen molar-refractivity contribution in [3.63, 3.8) is 0 Å². The van der Waals surface area contributed by atoms with Gasteiger partial charge in [0, 0.05) is 17.7 Å². The fourth-order valence-electron chi connectivity index (χ4n) is 1.50. The molecule has 0 fully saturated rings. The quantitative estimate of drug-likeness (QED) is 0.641. The van der Waals surface area contributed by atoms with Crippen LogP contribution in [0, 0.1) is 0 Å². The predicted molar refractivity (Wildman–Crippen MR) is 76.6 cm³/mol. The summed E-state index contributed by atoms with van der Waals surface area (Å²) < 4.78 is 10.6. The minimum atomic E-state index is -0.542. The molecule has 1 amide bonds. The number of carbonyl (C=O) groups excluding carboxylic acids is 2. The van der Waals surface area contributed by atoms with E-state index in [9.17, 15) is 9.59 Å². The van der Waals surface area contributed by atoms with Crippen molar-refractivity contribution in [1.29, 1.82) is 0 Å². The van der Waals surface area contributed by atoms with Crippen LogP contribution in [0.4, 0.5) is 10.5 Å². The average molecular weight is 279 g/mol. The van der Waals surface area contributed by atoms with Crippen molar-refractivity contribution in [1.82, 2.24) is 0 Å². The topological polar surface area (TPSA) is 64.6 Å². The van der Waals surface area contributed by atoms with Crippen LogP contribution in [-0.4, -0.2) is 24.6 Å². The van der Waals surface area contributed by atoms with E-state index in [0.29, 0.717) is 25.3 Å². The van der Waals surface area contributed by atoms with E-state index >= 15 is 0 Å². The Hall–Kier alpha value is -1.88. The summed E-state index contributed by atoms with van der Waals surface area (Å²) in [5.74, 6) is 0. The van der Waals surface area contributed by atoms with Crippen LogP contribution >= 0.6 is 0 Å². The summed E-state index contributed by atoms with van der Waals surface area (Å²) in [5.41, 5.74) is 0.941. The molecule has 0 saturated heterocycles. The Balaban J connectivity index is 2.60. The number of rotatable bonds is 6. The Bertz CT molecular complexity index is 451. The molecule has 0 heterocycles. The first-order valence-corrected chi connectivity index (χ1v) is 6.51. The molecule has 0 unspecified atom stereocenters. The molecular weight excluding hydrogens is 258 g/mol. The molecule has 0 aliphatic rings. The molecular formula is C15H21NO4. The second-order valence-corrected chi connectivity index (χ2v) is 5.29. The lowest BCUT2D eigenvalue weighted by Crippen LogP contribution is -2.27. The van der Waals surface area contributed by atoms with Gasteiger partial charge in [0.15, 0.2) is 0 Å². The molecule has 1 aromatic rings. The zero-order valence-electron chi connectivity index (χ0n) is 12.1. The standard InChI is InChI=1S/C15H21NO4/c1-15(2,3)20-14(18)16-13-8-5-4-7-12(13)11-19-10-6-9-17/h4-5,7-9H,6,10-11H2,1-3H3,(H,16,18). The highest BCUT2D eigenvalue weighted by atomic mass is 16.6. The van der Waals surface area contributed by atoms with Crippen molar-refractivity contribution in [2.24, 2.45) is 0 Å². The van der Waals surface area contributed by atoms with E-state index < -0.39 is 11.7 Å². The summed E-state index contributed by atoms with van der Waals surface area (Å²) in [7, 11) is 0. The van der Waals surface area contributed by atoms with Gasteiger partial charge in [-0.1, -0.05) is 18.2 Å².